The molecule has 1 aliphatic heterocycles. The number of aromatic nitrogens is 2. The van der Waals surface area contributed by atoms with Crippen molar-refractivity contribution in [3.63, 3.8) is 0 Å². The van der Waals surface area contributed by atoms with Gasteiger partial charge in [0.1, 0.15) is 5.82 Å². The van der Waals surface area contributed by atoms with Gasteiger partial charge in [0.2, 0.25) is 0 Å². The minimum atomic E-state index is -4.80. The van der Waals surface area contributed by atoms with Crippen LogP contribution >= 0.6 is 0 Å². The lowest BCUT2D eigenvalue weighted by Crippen LogP contribution is -2.19. The van der Waals surface area contributed by atoms with Crippen LogP contribution in [-0.4, -0.2) is 31.5 Å². The molecule has 0 aromatic carbocycles. The average molecular weight is 231 g/mol. The molecule has 7 heteroatoms. The van der Waals surface area contributed by atoms with Crippen LogP contribution in [0.2, 0.25) is 0 Å². The summed E-state index contributed by atoms with van der Waals surface area (Å²) in [6.45, 7) is 1.64. The fourth-order valence-electron chi connectivity index (χ4n) is 1.57. The monoisotopic (exact) mass is 231 g/mol. The summed E-state index contributed by atoms with van der Waals surface area (Å²) in [6.07, 6.45) is 3.34. The lowest BCUT2D eigenvalue weighted by molar-refractivity contribution is 0.541. The Hall–Kier alpha value is -1.24. The van der Waals surface area contributed by atoms with E-state index in [1.165, 1.54) is 6.20 Å². The number of rotatable bonds is 2. The quantitative estimate of drug-likeness (QED) is 0.554. The summed E-state index contributed by atoms with van der Waals surface area (Å²) < 4.78 is 33.8. The van der Waals surface area contributed by atoms with Gasteiger partial charge >= 0.3 is 10.2 Å². The van der Waals surface area contributed by atoms with Gasteiger partial charge in [-0.15, -0.1) is 0 Å². The van der Waals surface area contributed by atoms with Gasteiger partial charge in [-0.25, -0.2) is 4.98 Å². The maximum Gasteiger partial charge on any atom is 0.368 e. The van der Waals surface area contributed by atoms with Crippen molar-refractivity contribution in [1.82, 2.24) is 9.97 Å². The molecule has 0 unspecified atom stereocenters. The molecule has 1 aromatic rings. The summed E-state index contributed by atoms with van der Waals surface area (Å²) in [6, 6.07) is 1.58. The van der Waals surface area contributed by atoms with Crippen molar-refractivity contribution < 1.29 is 12.3 Å². The molecule has 0 bridgehead atoms. The number of anilines is 1. The lowest BCUT2D eigenvalue weighted by atomic mass is 10.4. The Labute approximate surface area is 87.2 Å². The van der Waals surface area contributed by atoms with Gasteiger partial charge in [-0.2, -0.15) is 13.4 Å². The molecule has 0 spiro atoms. The van der Waals surface area contributed by atoms with Gasteiger partial charge < -0.3 is 4.90 Å². The van der Waals surface area contributed by atoms with Crippen LogP contribution in [0.4, 0.5) is 9.70 Å². The highest BCUT2D eigenvalue weighted by Crippen LogP contribution is 2.18. The van der Waals surface area contributed by atoms with Crippen molar-refractivity contribution in [3.05, 3.63) is 12.3 Å². The average Bonchev–Trinajstić information content (AvgIpc) is 2.69. The molecule has 0 saturated carbocycles. The molecule has 0 aliphatic carbocycles. The first-order valence-corrected chi connectivity index (χ1v) is 5.98. The second-order valence-electron chi connectivity index (χ2n) is 3.33. The third kappa shape index (κ3) is 2.23. The minimum Gasteiger partial charge on any atom is -0.356 e. The predicted molar refractivity (Wildman–Crippen MR) is 51.8 cm³/mol. The Morgan fingerprint density at radius 3 is 2.60 bits per heavy atom. The molecule has 1 saturated heterocycles. The first kappa shape index (κ1) is 10.3. The highest BCUT2D eigenvalue weighted by Gasteiger charge is 2.19. The summed E-state index contributed by atoms with van der Waals surface area (Å²) in [4.78, 5) is 8.97. The van der Waals surface area contributed by atoms with Crippen molar-refractivity contribution in [2.75, 3.05) is 18.0 Å². The molecular weight excluding hydrogens is 221 g/mol. The fraction of sp³-hybridized carbons (Fsp3) is 0.500. The molecular formula is C8H10FN3O2S. The lowest BCUT2D eigenvalue weighted by Gasteiger charge is -2.15. The van der Waals surface area contributed by atoms with E-state index >= 15 is 0 Å². The molecule has 0 atom stereocenters. The molecule has 0 radical (unpaired) electrons. The summed E-state index contributed by atoms with van der Waals surface area (Å²) in [5.41, 5.74) is 0. The van der Waals surface area contributed by atoms with E-state index in [2.05, 4.69) is 9.97 Å². The van der Waals surface area contributed by atoms with Crippen molar-refractivity contribution in [1.29, 1.82) is 0 Å². The normalized spacial score (nSPS) is 17.0. The van der Waals surface area contributed by atoms with Gasteiger partial charge in [0.25, 0.3) is 5.16 Å². The van der Waals surface area contributed by atoms with Crippen molar-refractivity contribution in [2.45, 2.75) is 18.0 Å². The van der Waals surface area contributed by atoms with E-state index in [0.29, 0.717) is 5.82 Å². The zero-order valence-electron chi connectivity index (χ0n) is 7.93. The SMILES string of the molecule is O=S(=O)(F)c1nccc(N2CCCC2)n1. The molecule has 0 amide bonds. The standard InChI is InChI=1S/C8H10FN3O2S/c9-15(13,14)8-10-4-3-7(11-8)12-5-1-2-6-12/h3-4H,1-2,5-6H2. The molecule has 2 rings (SSSR count). The maximum absolute atomic E-state index is 12.6. The minimum absolute atomic E-state index is 0.471. The summed E-state index contributed by atoms with van der Waals surface area (Å²) >= 11 is 0. The molecule has 1 aromatic heterocycles. The van der Waals surface area contributed by atoms with Gasteiger partial charge in [-0.1, -0.05) is 3.89 Å². The molecule has 5 nitrogen and oxygen atoms in total. The van der Waals surface area contributed by atoms with Crippen LogP contribution in [-0.2, 0) is 10.2 Å². The second-order valence-corrected chi connectivity index (χ2v) is 4.57. The zero-order valence-corrected chi connectivity index (χ0v) is 8.74. The molecule has 1 aliphatic rings. The Bertz CT molecular complexity index is 457. The Morgan fingerprint density at radius 2 is 2.00 bits per heavy atom. The van der Waals surface area contributed by atoms with Crippen molar-refractivity contribution in [3.8, 4) is 0 Å². The van der Waals surface area contributed by atoms with Gasteiger partial charge in [0.05, 0.1) is 0 Å². The van der Waals surface area contributed by atoms with E-state index < -0.39 is 15.4 Å². The highest BCUT2D eigenvalue weighted by molar-refractivity contribution is 7.86. The van der Waals surface area contributed by atoms with Crippen LogP contribution in [0.1, 0.15) is 12.8 Å². The van der Waals surface area contributed by atoms with Gasteiger partial charge in [0.15, 0.2) is 0 Å². The number of hydrogen-bond acceptors (Lipinski definition) is 5. The van der Waals surface area contributed by atoms with E-state index in [4.69, 9.17) is 0 Å². The van der Waals surface area contributed by atoms with Gasteiger partial charge in [-0.05, 0) is 18.9 Å². The van der Waals surface area contributed by atoms with Crippen LogP contribution < -0.4 is 4.90 Å². The zero-order chi connectivity index (χ0) is 10.9. The Kier molecular flexibility index (Phi) is 2.56. The smallest absolute Gasteiger partial charge is 0.356 e. The summed E-state index contributed by atoms with van der Waals surface area (Å²) in [5.74, 6) is 0.471. The topological polar surface area (TPSA) is 63.2 Å². The number of hydrogen-bond donors (Lipinski definition) is 0. The number of nitrogens with zero attached hydrogens (tertiary/aromatic N) is 3. The Morgan fingerprint density at radius 1 is 1.33 bits per heavy atom. The van der Waals surface area contributed by atoms with E-state index in [0.717, 1.165) is 25.9 Å². The van der Waals surface area contributed by atoms with Crippen LogP contribution in [0, 0.1) is 0 Å². The third-order valence-electron chi connectivity index (χ3n) is 2.27. The Balaban J connectivity index is 2.34. The molecule has 15 heavy (non-hydrogen) atoms. The van der Waals surface area contributed by atoms with Gasteiger partial charge in [-0.3, -0.25) is 0 Å². The van der Waals surface area contributed by atoms with Gasteiger partial charge in [0, 0.05) is 19.3 Å². The number of halogens is 1. The van der Waals surface area contributed by atoms with Crippen LogP contribution in [0.3, 0.4) is 0 Å². The predicted octanol–water partition coefficient (Wildman–Crippen LogP) is 0.735. The van der Waals surface area contributed by atoms with Crippen LogP contribution in [0.25, 0.3) is 0 Å². The second kappa shape index (κ2) is 3.73. The summed E-state index contributed by atoms with van der Waals surface area (Å²) in [7, 11) is -4.80. The first-order chi connectivity index (χ1) is 7.07. The molecule has 82 valence electrons. The first-order valence-electron chi connectivity index (χ1n) is 4.60. The van der Waals surface area contributed by atoms with Crippen LogP contribution in [0.15, 0.2) is 17.4 Å². The summed E-state index contributed by atoms with van der Waals surface area (Å²) in [5, 5.41) is -0.758. The van der Waals surface area contributed by atoms with E-state index in [1.54, 1.807) is 6.07 Å². The molecule has 0 N–H and O–H groups in total. The maximum atomic E-state index is 12.6. The highest BCUT2D eigenvalue weighted by atomic mass is 32.3. The van der Waals surface area contributed by atoms with E-state index in [1.807, 2.05) is 4.90 Å². The van der Waals surface area contributed by atoms with E-state index in [9.17, 15) is 12.3 Å². The third-order valence-corrected chi connectivity index (χ3v) is 2.90. The van der Waals surface area contributed by atoms with E-state index in [-0.39, 0.29) is 0 Å². The van der Waals surface area contributed by atoms with Crippen molar-refractivity contribution >= 4 is 16.0 Å². The molecule has 1 fully saturated rings. The molecule has 2 heterocycles. The van der Waals surface area contributed by atoms with Crippen molar-refractivity contribution in [2.24, 2.45) is 0 Å². The largest absolute Gasteiger partial charge is 0.368 e. The fourth-order valence-corrected chi connectivity index (χ4v) is 1.96. The van der Waals surface area contributed by atoms with Crippen LogP contribution in [0.5, 0.6) is 0 Å².